The van der Waals surface area contributed by atoms with Crippen molar-refractivity contribution < 1.29 is 9.59 Å². The molecule has 1 aromatic heterocycles. The van der Waals surface area contributed by atoms with Gasteiger partial charge in [-0.3, -0.25) is 9.59 Å². The molecule has 0 radical (unpaired) electrons. The van der Waals surface area contributed by atoms with Gasteiger partial charge >= 0.3 is 0 Å². The summed E-state index contributed by atoms with van der Waals surface area (Å²) in [6.45, 7) is 3.57. The van der Waals surface area contributed by atoms with Crippen LogP contribution in [0.25, 0.3) is 10.9 Å². The number of para-hydroxylation sites is 1. The van der Waals surface area contributed by atoms with Crippen molar-refractivity contribution >= 4 is 28.4 Å². The zero-order valence-corrected chi connectivity index (χ0v) is 13.2. The number of Topliss-reactive ketones (excluding diaryl/α,β-unsaturated/α-hetero) is 1. The van der Waals surface area contributed by atoms with Crippen molar-refractivity contribution in [1.29, 1.82) is 0 Å². The molecule has 0 fully saturated rings. The topological polar surface area (TPSA) is 51.1 Å². The van der Waals surface area contributed by atoms with E-state index in [1.165, 1.54) is 13.8 Å². The van der Waals surface area contributed by atoms with E-state index in [0.717, 1.165) is 16.5 Å². The molecule has 0 atom stereocenters. The molecular weight excluding hydrogens is 288 g/mol. The first kappa shape index (κ1) is 15.0. The van der Waals surface area contributed by atoms with Gasteiger partial charge in [0.05, 0.1) is 11.1 Å². The van der Waals surface area contributed by atoms with Gasteiger partial charge in [0.25, 0.3) is 0 Å². The molecule has 116 valence electrons. The maximum absolute atomic E-state index is 12.2. The summed E-state index contributed by atoms with van der Waals surface area (Å²) in [7, 11) is 0. The minimum Gasteiger partial charge on any atom is -0.322 e. The van der Waals surface area contributed by atoms with Crippen LogP contribution in [0.4, 0.5) is 5.82 Å². The van der Waals surface area contributed by atoms with Crippen LogP contribution < -0.4 is 5.32 Å². The van der Waals surface area contributed by atoms with Crippen LogP contribution in [-0.4, -0.2) is 16.3 Å². The first-order chi connectivity index (χ1) is 11.1. The molecule has 2 aromatic carbocycles. The third-order valence-electron chi connectivity index (χ3n) is 3.80. The fourth-order valence-corrected chi connectivity index (χ4v) is 2.89. The predicted molar refractivity (Wildman–Crippen MR) is 91.8 cm³/mol. The van der Waals surface area contributed by atoms with E-state index >= 15 is 0 Å². The molecule has 4 nitrogen and oxygen atoms in total. The average molecular weight is 306 g/mol. The minimum absolute atomic E-state index is 0.0586. The van der Waals surface area contributed by atoms with Crippen LogP contribution in [0.2, 0.25) is 0 Å². The summed E-state index contributed by atoms with van der Waals surface area (Å²) >= 11 is 0. The second kappa shape index (κ2) is 6.08. The summed E-state index contributed by atoms with van der Waals surface area (Å²) in [4.78, 5) is 23.8. The number of rotatable bonds is 4. The normalized spacial score (nSPS) is 10.7. The smallest absolute Gasteiger partial charge is 0.222 e. The lowest BCUT2D eigenvalue weighted by Crippen LogP contribution is -2.14. The number of anilines is 1. The fourth-order valence-electron chi connectivity index (χ4n) is 2.89. The van der Waals surface area contributed by atoms with Crippen LogP contribution in [-0.2, 0) is 11.3 Å². The predicted octanol–water partition coefficient (Wildman–Crippen LogP) is 3.85. The van der Waals surface area contributed by atoms with Crippen LogP contribution in [0, 0.1) is 0 Å². The molecule has 4 heteroatoms. The van der Waals surface area contributed by atoms with Crippen LogP contribution in [0.1, 0.15) is 29.8 Å². The van der Waals surface area contributed by atoms with Gasteiger partial charge in [0, 0.05) is 18.9 Å². The zero-order chi connectivity index (χ0) is 16.4. The van der Waals surface area contributed by atoms with Gasteiger partial charge in [-0.2, -0.15) is 0 Å². The number of fused-ring (bicyclic) bond motifs is 1. The molecule has 3 aromatic rings. The van der Waals surface area contributed by atoms with Crippen molar-refractivity contribution in [2.75, 3.05) is 5.32 Å². The van der Waals surface area contributed by atoms with Gasteiger partial charge in [-0.15, -0.1) is 0 Å². The molecule has 1 N–H and O–H groups in total. The molecule has 3 rings (SSSR count). The maximum Gasteiger partial charge on any atom is 0.222 e. The summed E-state index contributed by atoms with van der Waals surface area (Å²) in [5.41, 5.74) is 2.60. The number of nitrogens with zero attached hydrogens (tertiary/aromatic N) is 1. The van der Waals surface area contributed by atoms with Crippen molar-refractivity contribution in [3.05, 3.63) is 65.7 Å². The molecule has 0 aliphatic rings. The first-order valence-corrected chi connectivity index (χ1v) is 7.51. The second-order valence-corrected chi connectivity index (χ2v) is 5.55. The first-order valence-electron chi connectivity index (χ1n) is 7.51. The number of carbonyl (C=O) groups is 2. The summed E-state index contributed by atoms with van der Waals surface area (Å²) in [6.07, 6.45) is 0. The Labute approximate surface area is 134 Å². The molecule has 0 saturated heterocycles. The highest BCUT2D eigenvalue weighted by Gasteiger charge is 2.20. The van der Waals surface area contributed by atoms with Gasteiger partial charge in [-0.1, -0.05) is 48.5 Å². The van der Waals surface area contributed by atoms with Gasteiger partial charge in [-0.05, 0) is 18.6 Å². The van der Waals surface area contributed by atoms with E-state index in [1.54, 1.807) is 0 Å². The molecule has 1 heterocycles. The Morgan fingerprint density at radius 1 is 0.957 bits per heavy atom. The van der Waals surface area contributed by atoms with Gasteiger partial charge in [0.2, 0.25) is 5.91 Å². The third-order valence-corrected chi connectivity index (χ3v) is 3.80. The highest BCUT2D eigenvalue weighted by molar-refractivity contribution is 6.14. The molecule has 0 saturated carbocycles. The Morgan fingerprint density at radius 3 is 2.26 bits per heavy atom. The van der Waals surface area contributed by atoms with Crippen molar-refractivity contribution in [2.24, 2.45) is 0 Å². The van der Waals surface area contributed by atoms with Crippen molar-refractivity contribution in [1.82, 2.24) is 4.57 Å². The fraction of sp³-hybridized carbons (Fsp3) is 0.158. The lowest BCUT2D eigenvalue weighted by atomic mass is 10.1. The van der Waals surface area contributed by atoms with Gasteiger partial charge in [0.15, 0.2) is 5.78 Å². The van der Waals surface area contributed by atoms with Crippen molar-refractivity contribution in [3.8, 4) is 0 Å². The lowest BCUT2D eigenvalue weighted by molar-refractivity contribution is -0.114. The molecule has 0 aliphatic carbocycles. The number of hydrogen-bond donors (Lipinski definition) is 1. The molecule has 23 heavy (non-hydrogen) atoms. The number of amides is 1. The summed E-state index contributed by atoms with van der Waals surface area (Å²) < 4.78 is 1.99. The van der Waals surface area contributed by atoms with Crippen molar-refractivity contribution in [3.63, 3.8) is 0 Å². The Kier molecular flexibility index (Phi) is 3.98. The third kappa shape index (κ3) is 2.88. The highest BCUT2D eigenvalue weighted by atomic mass is 16.1. The summed E-state index contributed by atoms with van der Waals surface area (Å²) in [6, 6.07) is 17.7. The van der Waals surface area contributed by atoms with Crippen LogP contribution >= 0.6 is 0 Å². The van der Waals surface area contributed by atoms with Crippen LogP contribution in [0.15, 0.2) is 54.6 Å². The number of aromatic nitrogens is 1. The maximum atomic E-state index is 12.2. The number of benzene rings is 2. The monoisotopic (exact) mass is 306 g/mol. The Morgan fingerprint density at radius 2 is 1.61 bits per heavy atom. The van der Waals surface area contributed by atoms with Crippen LogP contribution in [0.5, 0.6) is 0 Å². The van der Waals surface area contributed by atoms with E-state index in [4.69, 9.17) is 0 Å². The summed E-state index contributed by atoms with van der Waals surface area (Å²) in [5, 5.41) is 3.70. The Balaban J connectivity index is 2.25. The average Bonchev–Trinajstić information content (AvgIpc) is 2.82. The standard InChI is InChI=1S/C19H18N2O2/c1-13(22)18-16-10-6-7-11-17(16)21(19(18)20-14(2)23)12-15-8-4-3-5-9-15/h3-11H,12H2,1-2H3,(H,20,23). The molecule has 1 amide bonds. The Bertz CT molecular complexity index is 879. The van der Waals surface area contributed by atoms with E-state index in [9.17, 15) is 9.59 Å². The molecular formula is C19H18N2O2. The minimum atomic E-state index is -0.190. The van der Waals surface area contributed by atoms with Crippen molar-refractivity contribution in [2.45, 2.75) is 20.4 Å². The number of ketones is 1. The number of hydrogen-bond acceptors (Lipinski definition) is 2. The van der Waals surface area contributed by atoms with Gasteiger partial charge in [0.1, 0.15) is 5.82 Å². The largest absolute Gasteiger partial charge is 0.322 e. The van der Waals surface area contributed by atoms with E-state index in [1.807, 2.05) is 59.2 Å². The quantitative estimate of drug-likeness (QED) is 0.744. The zero-order valence-electron chi connectivity index (χ0n) is 13.2. The lowest BCUT2D eigenvalue weighted by Gasteiger charge is -2.12. The molecule has 0 bridgehead atoms. The van der Waals surface area contributed by atoms with E-state index in [0.29, 0.717) is 17.9 Å². The highest BCUT2D eigenvalue weighted by Crippen LogP contribution is 2.31. The molecule has 0 aliphatic heterocycles. The SMILES string of the molecule is CC(=O)Nc1c(C(C)=O)c2ccccc2n1Cc1ccccc1. The van der Waals surface area contributed by atoms with E-state index in [-0.39, 0.29) is 11.7 Å². The molecule has 0 unspecified atom stereocenters. The molecule has 0 spiro atoms. The van der Waals surface area contributed by atoms with E-state index in [2.05, 4.69) is 5.32 Å². The van der Waals surface area contributed by atoms with Gasteiger partial charge in [-0.25, -0.2) is 0 Å². The Hall–Kier alpha value is -2.88. The number of nitrogens with one attached hydrogen (secondary N) is 1. The van der Waals surface area contributed by atoms with E-state index < -0.39 is 0 Å². The van der Waals surface area contributed by atoms with Crippen LogP contribution in [0.3, 0.4) is 0 Å². The van der Waals surface area contributed by atoms with Gasteiger partial charge < -0.3 is 9.88 Å². The second-order valence-electron chi connectivity index (χ2n) is 5.55. The summed E-state index contributed by atoms with van der Waals surface area (Å²) in [5.74, 6) is 0.316. The number of carbonyl (C=O) groups excluding carboxylic acids is 2.